The SMILES string of the molecule is CCOC(=O)CC(C(=O)OCC)c1cc2cccc3c2c(c1O)N=CC=N3. The van der Waals surface area contributed by atoms with Gasteiger partial charge in [0.15, 0.2) is 0 Å². The summed E-state index contributed by atoms with van der Waals surface area (Å²) in [5.41, 5.74) is 1.26. The summed E-state index contributed by atoms with van der Waals surface area (Å²) in [5.74, 6) is -2.30. The van der Waals surface area contributed by atoms with Gasteiger partial charge in [0.2, 0.25) is 0 Å². The summed E-state index contributed by atoms with van der Waals surface area (Å²) in [6, 6.07) is 7.16. The van der Waals surface area contributed by atoms with E-state index in [0.717, 1.165) is 5.39 Å². The number of carbonyl (C=O) groups is 2. The molecule has 7 heteroatoms. The third kappa shape index (κ3) is 3.67. The largest absolute Gasteiger partial charge is 0.505 e. The van der Waals surface area contributed by atoms with E-state index < -0.39 is 17.9 Å². The Labute approximate surface area is 156 Å². The molecule has 1 N–H and O–H groups in total. The maximum absolute atomic E-state index is 12.5. The molecule has 1 unspecified atom stereocenters. The summed E-state index contributed by atoms with van der Waals surface area (Å²) in [5, 5.41) is 12.3. The van der Waals surface area contributed by atoms with Crippen LogP contribution >= 0.6 is 0 Å². The van der Waals surface area contributed by atoms with Crippen molar-refractivity contribution in [1.29, 1.82) is 0 Å². The highest BCUT2D eigenvalue weighted by Gasteiger charge is 2.30. The van der Waals surface area contributed by atoms with Crippen LogP contribution in [-0.4, -0.2) is 42.7 Å². The highest BCUT2D eigenvalue weighted by molar-refractivity contribution is 6.21. The van der Waals surface area contributed by atoms with E-state index in [0.29, 0.717) is 16.8 Å². The number of carbonyl (C=O) groups excluding carboxylic acids is 2. The molecule has 0 fully saturated rings. The van der Waals surface area contributed by atoms with Gasteiger partial charge in [-0.15, -0.1) is 0 Å². The predicted molar refractivity (Wildman–Crippen MR) is 103 cm³/mol. The minimum Gasteiger partial charge on any atom is -0.505 e. The normalized spacial score (nSPS) is 13.3. The number of ether oxygens (including phenoxy) is 2. The monoisotopic (exact) mass is 368 g/mol. The van der Waals surface area contributed by atoms with Crippen molar-refractivity contribution in [1.82, 2.24) is 0 Å². The van der Waals surface area contributed by atoms with E-state index in [2.05, 4.69) is 9.98 Å². The highest BCUT2D eigenvalue weighted by Crippen LogP contribution is 2.46. The molecule has 27 heavy (non-hydrogen) atoms. The molecule has 0 aromatic heterocycles. The average molecular weight is 368 g/mol. The second kappa shape index (κ2) is 7.99. The van der Waals surface area contributed by atoms with Gasteiger partial charge in [0.1, 0.15) is 11.4 Å². The van der Waals surface area contributed by atoms with E-state index in [1.165, 1.54) is 12.4 Å². The van der Waals surface area contributed by atoms with Crippen molar-refractivity contribution in [2.75, 3.05) is 13.2 Å². The minimum absolute atomic E-state index is 0.162. The van der Waals surface area contributed by atoms with Crippen LogP contribution in [0.25, 0.3) is 10.8 Å². The lowest BCUT2D eigenvalue weighted by atomic mass is 9.91. The van der Waals surface area contributed by atoms with Crippen molar-refractivity contribution in [3.05, 3.63) is 29.8 Å². The molecule has 1 heterocycles. The molecule has 3 rings (SSSR count). The fourth-order valence-corrected chi connectivity index (χ4v) is 3.10. The topological polar surface area (TPSA) is 97.6 Å². The summed E-state index contributed by atoms with van der Waals surface area (Å²) < 4.78 is 10.1. The lowest BCUT2D eigenvalue weighted by Crippen LogP contribution is -2.21. The number of nitrogens with zero attached hydrogens (tertiary/aromatic N) is 2. The van der Waals surface area contributed by atoms with Crippen LogP contribution in [0.1, 0.15) is 31.7 Å². The maximum atomic E-state index is 12.5. The molecule has 7 nitrogen and oxygen atoms in total. The van der Waals surface area contributed by atoms with Gasteiger partial charge in [0.25, 0.3) is 0 Å². The van der Waals surface area contributed by atoms with Crippen LogP contribution in [0.5, 0.6) is 5.75 Å². The van der Waals surface area contributed by atoms with Crippen LogP contribution < -0.4 is 0 Å². The van der Waals surface area contributed by atoms with E-state index in [1.54, 1.807) is 19.9 Å². The number of rotatable bonds is 6. The summed E-state index contributed by atoms with van der Waals surface area (Å²) >= 11 is 0. The van der Waals surface area contributed by atoms with Gasteiger partial charge in [0, 0.05) is 23.4 Å². The third-order valence-corrected chi connectivity index (χ3v) is 4.23. The Morgan fingerprint density at radius 2 is 1.85 bits per heavy atom. The van der Waals surface area contributed by atoms with Crippen molar-refractivity contribution in [2.24, 2.45) is 9.98 Å². The van der Waals surface area contributed by atoms with Gasteiger partial charge in [-0.3, -0.25) is 19.6 Å². The first-order valence-electron chi connectivity index (χ1n) is 8.74. The van der Waals surface area contributed by atoms with Crippen LogP contribution in [0, 0.1) is 0 Å². The smallest absolute Gasteiger partial charge is 0.314 e. The number of hydrogen-bond acceptors (Lipinski definition) is 7. The van der Waals surface area contributed by atoms with Crippen molar-refractivity contribution in [3.63, 3.8) is 0 Å². The number of benzene rings is 2. The second-order valence-electron chi connectivity index (χ2n) is 5.91. The maximum Gasteiger partial charge on any atom is 0.314 e. The fourth-order valence-electron chi connectivity index (χ4n) is 3.10. The van der Waals surface area contributed by atoms with Crippen LogP contribution in [-0.2, 0) is 19.1 Å². The second-order valence-corrected chi connectivity index (χ2v) is 5.91. The molecule has 1 aliphatic heterocycles. The van der Waals surface area contributed by atoms with Gasteiger partial charge >= 0.3 is 11.9 Å². The van der Waals surface area contributed by atoms with Gasteiger partial charge in [-0.2, -0.15) is 0 Å². The molecule has 0 saturated carbocycles. The summed E-state index contributed by atoms with van der Waals surface area (Å²) in [7, 11) is 0. The molecular weight excluding hydrogens is 348 g/mol. The molecule has 2 aromatic rings. The Hall–Kier alpha value is -3.22. The molecule has 2 aromatic carbocycles. The Kier molecular flexibility index (Phi) is 5.49. The lowest BCUT2D eigenvalue weighted by Gasteiger charge is -2.19. The molecule has 0 spiro atoms. The zero-order valence-electron chi connectivity index (χ0n) is 15.1. The number of phenolic OH excluding ortho intramolecular Hbond substituents is 1. The molecule has 1 aliphatic rings. The fraction of sp³-hybridized carbons (Fsp3) is 0.300. The first-order chi connectivity index (χ1) is 13.1. The van der Waals surface area contributed by atoms with Gasteiger partial charge in [-0.05, 0) is 31.4 Å². The number of phenols is 1. The van der Waals surface area contributed by atoms with Crippen LogP contribution in [0.4, 0.5) is 11.4 Å². The quantitative estimate of drug-likeness (QED) is 0.786. The van der Waals surface area contributed by atoms with Crippen molar-refractivity contribution in [3.8, 4) is 5.75 Å². The van der Waals surface area contributed by atoms with Gasteiger partial charge in [0.05, 0.1) is 31.2 Å². The Balaban J connectivity index is 2.17. The summed E-state index contributed by atoms with van der Waals surface area (Å²) in [6.45, 7) is 3.74. The predicted octanol–water partition coefficient (Wildman–Crippen LogP) is 3.56. The van der Waals surface area contributed by atoms with E-state index in [4.69, 9.17) is 9.47 Å². The average Bonchev–Trinajstić information content (AvgIpc) is 2.87. The van der Waals surface area contributed by atoms with E-state index >= 15 is 0 Å². The minimum atomic E-state index is -0.993. The van der Waals surface area contributed by atoms with Crippen LogP contribution in [0.2, 0.25) is 0 Å². The number of aliphatic imine (C=N–C) groups is 2. The van der Waals surface area contributed by atoms with Gasteiger partial charge < -0.3 is 14.6 Å². The van der Waals surface area contributed by atoms with Crippen molar-refractivity contribution >= 4 is 46.5 Å². The highest BCUT2D eigenvalue weighted by atomic mass is 16.5. The molecule has 0 saturated heterocycles. The van der Waals surface area contributed by atoms with Crippen molar-refractivity contribution < 1.29 is 24.2 Å². The molecular formula is C20H20N2O5. The van der Waals surface area contributed by atoms with E-state index in [1.807, 2.05) is 18.2 Å². The first kappa shape index (κ1) is 18.6. The van der Waals surface area contributed by atoms with Crippen molar-refractivity contribution in [2.45, 2.75) is 26.2 Å². The number of aromatic hydroxyl groups is 1. The Bertz CT molecular complexity index is 949. The van der Waals surface area contributed by atoms with E-state index in [9.17, 15) is 14.7 Å². The third-order valence-electron chi connectivity index (χ3n) is 4.23. The van der Waals surface area contributed by atoms with E-state index in [-0.39, 0.29) is 30.9 Å². The zero-order valence-corrected chi connectivity index (χ0v) is 15.1. The lowest BCUT2D eigenvalue weighted by molar-refractivity contribution is -0.151. The van der Waals surface area contributed by atoms with Gasteiger partial charge in [-0.25, -0.2) is 0 Å². The standard InChI is InChI=1S/C20H20N2O5/c1-3-26-16(23)11-14(20(25)27-4-2)13-10-12-6-5-7-15-17(12)18(19(13)24)22-9-8-21-15/h5-10,14,24H,3-4,11H2,1-2H3. The molecule has 0 radical (unpaired) electrons. The zero-order chi connectivity index (χ0) is 19.4. The Morgan fingerprint density at radius 1 is 1.11 bits per heavy atom. The number of esters is 2. The molecule has 0 aliphatic carbocycles. The Morgan fingerprint density at radius 3 is 2.59 bits per heavy atom. The van der Waals surface area contributed by atoms with Crippen LogP contribution in [0.3, 0.4) is 0 Å². The van der Waals surface area contributed by atoms with Crippen LogP contribution in [0.15, 0.2) is 34.3 Å². The summed E-state index contributed by atoms with van der Waals surface area (Å²) in [6.07, 6.45) is 2.78. The molecule has 1 atom stereocenters. The summed E-state index contributed by atoms with van der Waals surface area (Å²) in [4.78, 5) is 33.1. The van der Waals surface area contributed by atoms with Gasteiger partial charge in [-0.1, -0.05) is 12.1 Å². The first-order valence-corrected chi connectivity index (χ1v) is 8.74. The number of hydrogen-bond donors (Lipinski definition) is 1. The molecule has 140 valence electrons. The molecule has 0 bridgehead atoms. The molecule has 0 amide bonds.